The van der Waals surface area contributed by atoms with Crippen LogP contribution in [0.15, 0.2) is 52.7 Å². The van der Waals surface area contributed by atoms with E-state index < -0.39 is 5.97 Å². The molecule has 2 nitrogen and oxygen atoms in total. The lowest BCUT2D eigenvalue weighted by molar-refractivity contribution is 0.0732. The summed E-state index contributed by atoms with van der Waals surface area (Å²) in [5.74, 6) is -0.0195. The van der Waals surface area contributed by atoms with Gasteiger partial charge in [-0.3, -0.25) is 0 Å². The first kappa shape index (κ1) is 16.7. The number of carbonyl (C=O) groups is 1. The highest BCUT2D eigenvalue weighted by molar-refractivity contribution is 9.15. The molecule has 0 saturated heterocycles. The Kier molecular flexibility index (Phi) is 5.88. The monoisotopic (exact) mass is 588 g/mol. The number of hydrogen-bond acceptors (Lipinski definition) is 2. The zero-order chi connectivity index (χ0) is 14.9. The van der Waals surface area contributed by atoms with Crippen LogP contribution >= 0.6 is 79.6 Å². The second-order valence-electron chi connectivity index (χ2n) is 3.65. The topological polar surface area (TPSA) is 26.3 Å². The average molecular weight is 593 g/mol. The second kappa shape index (κ2) is 7.05. The van der Waals surface area contributed by atoms with Gasteiger partial charge in [-0.05, 0) is 91.8 Å². The van der Waals surface area contributed by atoms with Gasteiger partial charge < -0.3 is 4.74 Å². The summed E-state index contributed by atoms with van der Waals surface area (Å²) in [6.45, 7) is 0. The molecule has 0 aliphatic rings. The van der Waals surface area contributed by atoms with Crippen LogP contribution in [-0.4, -0.2) is 5.97 Å². The molecule has 0 aliphatic carbocycles. The van der Waals surface area contributed by atoms with Gasteiger partial charge in [-0.1, -0.05) is 18.2 Å². The van der Waals surface area contributed by atoms with Crippen molar-refractivity contribution in [2.45, 2.75) is 0 Å². The molecule has 2 rings (SSSR count). The molecule has 0 aromatic heterocycles. The van der Waals surface area contributed by atoms with Crippen molar-refractivity contribution in [2.24, 2.45) is 0 Å². The standard InChI is InChI=1S/C13H5Br5O2/c14-7-8(15)10(17)12(11(18)9(7)16)20-13(19)6-4-2-1-3-5-6/h1-5H. The molecule has 0 aliphatic heterocycles. The van der Waals surface area contributed by atoms with Gasteiger partial charge in [0, 0.05) is 4.47 Å². The molecule has 0 heterocycles. The maximum absolute atomic E-state index is 12.1. The Morgan fingerprint density at radius 1 is 0.750 bits per heavy atom. The van der Waals surface area contributed by atoms with Gasteiger partial charge in [0.1, 0.15) is 0 Å². The smallest absolute Gasteiger partial charge is 0.343 e. The first-order valence-electron chi connectivity index (χ1n) is 5.22. The number of benzene rings is 2. The van der Waals surface area contributed by atoms with Gasteiger partial charge in [0.2, 0.25) is 0 Å². The second-order valence-corrected chi connectivity index (χ2v) is 7.62. The average Bonchev–Trinajstić information content (AvgIpc) is 2.48. The molecule has 20 heavy (non-hydrogen) atoms. The van der Waals surface area contributed by atoms with Crippen LogP contribution in [0.25, 0.3) is 0 Å². The van der Waals surface area contributed by atoms with Gasteiger partial charge >= 0.3 is 5.97 Å². The first-order valence-corrected chi connectivity index (χ1v) is 9.18. The molecule has 2 aromatic carbocycles. The number of esters is 1. The summed E-state index contributed by atoms with van der Waals surface area (Å²) in [6, 6.07) is 8.82. The molecule has 104 valence electrons. The minimum Gasteiger partial charge on any atom is -0.420 e. The molecular formula is C13H5Br5O2. The molecule has 0 saturated carbocycles. The van der Waals surface area contributed by atoms with Crippen molar-refractivity contribution in [2.75, 3.05) is 0 Å². The van der Waals surface area contributed by atoms with Gasteiger partial charge in [-0.15, -0.1) is 0 Å². The molecule has 7 heteroatoms. The minimum atomic E-state index is -0.423. The quantitative estimate of drug-likeness (QED) is 0.168. The van der Waals surface area contributed by atoms with E-state index in [0.717, 1.165) is 13.4 Å². The molecule has 0 unspecified atom stereocenters. The van der Waals surface area contributed by atoms with E-state index in [0.29, 0.717) is 20.3 Å². The number of halogens is 5. The van der Waals surface area contributed by atoms with Crippen LogP contribution in [0.2, 0.25) is 0 Å². The number of ether oxygens (including phenoxy) is 1. The summed E-state index contributed by atoms with van der Waals surface area (Å²) in [5.41, 5.74) is 0.487. The molecule has 0 spiro atoms. The predicted molar refractivity (Wildman–Crippen MR) is 96.3 cm³/mol. The number of carbonyl (C=O) groups excluding carboxylic acids is 1. The van der Waals surface area contributed by atoms with Crippen molar-refractivity contribution in [3.63, 3.8) is 0 Å². The molecule has 0 bridgehead atoms. The lowest BCUT2D eigenvalue weighted by Crippen LogP contribution is -2.09. The normalized spacial score (nSPS) is 10.4. The zero-order valence-corrected chi connectivity index (χ0v) is 17.5. The van der Waals surface area contributed by atoms with Crippen LogP contribution in [0.1, 0.15) is 10.4 Å². The van der Waals surface area contributed by atoms with Crippen LogP contribution < -0.4 is 4.74 Å². The largest absolute Gasteiger partial charge is 0.420 e. The van der Waals surface area contributed by atoms with Gasteiger partial charge in [-0.25, -0.2) is 4.79 Å². The van der Waals surface area contributed by atoms with E-state index in [1.54, 1.807) is 24.3 Å². The molecule has 0 radical (unpaired) electrons. The first-order chi connectivity index (χ1) is 9.43. The molecule has 0 amide bonds. The van der Waals surface area contributed by atoms with E-state index in [1.807, 2.05) is 6.07 Å². The van der Waals surface area contributed by atoms with E-state index in [2.05, 4.69) is 79.6 Å². The van der Waals surface area contributed by atoms with Crippen LogP contribution in [-0.2, 0) is 0 Å². The van der Waals surface area contributed by atoms with Crippen molar-refractivity contribution in [1.29, 1.82) is 0 Å². The molecule has 0 fully saturated rings. The SMILES string of the molecule is O=C(Oc1c(Br)c(Br)c(Br)c(Br)c1Br)c1ccccc1. The van der Waals surface area contributed by atoms with Crippen LogP contribution in [0, 0.1) is 0 Å². The van der Waals surface area contributed by atoms with E-state index in [4.69, 9.17) is 4.74 Å². The highest BCUT2D eigenvalue weighted by Crippen LogP contribution is 2.48. The molecule has 2 aromatic rings. The Hall–Kier alpha value is 0.310. The molecule has 0 N–H and O–H groups in total. The van der Waals surface area contributed by atoms with Crippen LogP contribution in [0.4, 0.5) is 0 Å². The molecular weight excluding hydrogens is 588 g/mol. The Balaban J connectivity index is 2.43. The minimum absolute atomic E-state index is 0.404. The highest BCUT2D eigenvalue weighted by atomic mass is 79.9. The van der Waals surface area contributed by atoms with Gasteiger partial charge in [-0.2, -0.15) is 0 Å². The Morgan fingerprint density at radius 3 is 1.70 bits per heavy atom. The van der Waals surface area contributed by atoms with Crippen molar-refractivity contribution in [1.82, 2.24) is 0 Å². The fraction of sp³-hybridized carbons (Fsp3) is 0. The van der Waals surface area contributed by atoms with Gasteiger partial charge in [0.05, 0.1) is 23.5 Å². The van der Waals surface area contributed by atoms with E-state index in [-0.39, 0.29) is 0 Å². The fourth-order valence-corrected chi connectivity index (χ4v) is 4.57. The van der Waals surface area contributed by atoms with E-state index >= 15 is 0 Å². The van der Waals surface area contributed by atoms with Crippen molar-refractivity contribution in [3.8, 4) is 5.75 Å². The van der Waals surface area contributed by atoms with Gasteiger partial charge in [0.25, 0.3) is 0 Å². The summed E-state index contributed by atoms with van der Waals surface area (Å²) >= 11 is 17.1. The maximum Gasteiger partial charge on any atom is 0.343 e. The summed E-state index contributed by atoms with van der Waals surface area (Å²) in [4.78, 5) is 12.1. The Bertz CT molecular complexity index is 641. The lowest BCUT2D eigenvalue weighted by atomic mass is 10.2. The van der Waals surface area contributed by atoms with Crippen LogP contribution in [0.5, 0.6) is 5.75 Å². The zero-order valence-electron chi connectivity index (χ0n) is 9.59. The highest BCUT2D eigenvalue weighted by Gasteiger charge is 2.21. The predicted octanol–water partition coefficient (Wildman–Crippen LogP) is 6.72. The Labute approximate surface area is 157 Å². The van der Waals surface area contributed by atoms with Crippen LogP contribution in [0.3, 0.4) is 0 Å². The summed E-state index contributed by atoms with van der Waals surface area (Å²) in [7, 11) is 0. The Morgan fingerprint density at radius 2 is 1.20 bits per heavy atom. The van der Waals surface area contributed by atoms with Crippen molar-refractivity contribution < 1.29 is 9.53 Å². The third-order valence-electron chi connectivity index (χ3n) is 2.37. The third kappa shape index (κ3) is 3.38. The summed E-state index contributed by atoms with van der Waals surface area (Å²) in [5, 5.41) is 0. The maximum atomic E-state index is 12.1. The summed E-state index contributed by atoms with van der Waals surface area (Å²) < 4.78 is 9.07. The number of rotatable bonds is 2. The third-order valence-corrected chi connectivity index (χ3v) is 8.39. The van der Waals surface area contributed by atoms with Crippen molar-refractivity contribution >= 4 is 85.6 Å². The molecule has 0 atom stereocenters. The van der Waals surface area contributed by atoms with E-state index in [9.17, 15) is 4.79 Å². The summed E-state index contributed by atoms with van der Waals surface area (Å²) in [6.07, 6.45) is 0. The van der Waals surface area contributed by atoms with Gasteiger partial charge in [0.15, 0.2) is 5.75 Å². The number of hydrogen-bond donors (Lipinski definition) is 0. The fourth-order valence-electron chi connectivity index (χ4n) is 1.40. The van der Waals surface area contributed by atoms with Crippen molar-refractivity contribution in [3.05, 3.63) is 58.3 Å². The lowest BCUT2D eigenvalue weighted by Gasteiger charge is -2.13. The van der Waals surface area contributed by atoms with E-state index in [1.165, 1.54) is 0 Å².